The zero-order valence-corrected chi connectivity index (χ0v) is 17.6. The van der Waals surface area contributed by atoms with Crippen molar-refractivity contribution in [1.82, 2.24) is 20.3 Å². The topological polar surface area (TPSA) is 89.4 Å². The summed E-state index contributed by atoms with van der Waals surface area (Å²) in [5, 5.41) is 10.7. The van der Waals surface area contributed by atoms with E-state index in [0.29, 0.717) is 18.8 Å². The molecule has 160 valence electrons. The highest BCUT2D eigenvalue weighted by Crippen LogP contribution is 2.12. The van der Waals surface area contributed by atoms with Gasteiger partial charge in [0.15, 0.2) is 6.61 Å². The molecule has 0 saturated heterocycles. The van der Waals surface area contributed by atoms with Crippen molar-refractivity contribution < 1.29 is 14.3 Å². The molecule has 2 aromatic carbocycles. The van der Waals surface area contributed by atoms with E-state index in [1.54, 1.807) is 10.9 Å². The maximum Gasteiger partial charge on any atom is 0.331 e. The smallest absolute Gasteiger partial charge is 0.331 e. The van der Waals surface area contributed by atoms with Gasteiger partial charge in [-0.3, -0.25) is 4.79 Å². The van der Waals surface area contributed by atoms with E-state index in [1.165, 1.54) is 12.2 Å². The van der Waals surface area contributed by atoms with Crippen LogP contribution in [0.3, 0.4) is 0 Å². The summed E-state index contributed by atoms with van der Waals surface area (Å²) >= 11 is 0. The molecule has 3 rings (SSSR count). The summed E-state index contributed by atoms with van der Waals surface area (Å²) < 4.78 is 6.65. The molecule has 3 aromatic rings. The van der Waals surface area contributed by atoms with Crippen molar-refractivity contribution in [3.63, 3.8) is 0 Å². The molecule has 1 amide bonds. The van der Waals surface area contributed by atoms with E-state index in [2.05, 4.69) is 15.6 Å². The van der Waals surface area contributed by atoms with Crippen LogP contribution in [-0.2, 0) is 27.4 Å². The molecule has 1 heterocycles. The number of nitrogens with one attached hydrogen (secondary N) is 1. The zero-order chi connectivity index (χ0) is 22.1. The molecule has 0 saturated carbocycles. The molecule has 0 radical (unpaired) electrons. The first kappa shape index (κ1) is 21.8. The van der Waals surface area contributed by atoms with Crippen molar-refractivity contribution >= 4 is 23.6 Å². The van der Waals surface area contributed by atoms with Gasteiger partial charge in [0.1, 0.15) is 5.69 Å². The molecular weight excluding hydrogens is 394 g/mol. The number of hydrogen-bond acceptors (Lipinski definition) is 6. The minimum Gasteiger partial charge on any atom is -0.452 e. The largest absolute Gasteiger partial charge is 0.452 e. The molecule has 1 aromatic heterocycles. The third-order valence-corrected chi connectivity index (χ3v) is 4.42. The number of benzene rings is 2. The molecule has 0 aliphatic carbocycles. The summed E-state index contributed by atoms with van der Waals surface area (Å²) in [5.74, 6) is -0.990. The van der Waals surface area contributed by atoms with Crippen LogP contribution < -0.4 is 10.2 Å². The molecule has 0 bridgehead atoms. The minimum absolute atomic E-state index is 0.348. The average Bonchev–Trinajstić information content (AvgIpc) is 3.23. The molecule has 0 atom stereocenters. The quantitative estimate of drug-likeness (QED) is 0.423. The van der Waals surface area contributed by atoms with Crippen LogP contribution >= 0.6 is 0 Å². The van der Waals surface area contributed by atoms with Gasteiger partial charge in [-0.15, -0.1) is 5.10 Å². The fourth-order valence-corrected chi connectivity index (χ4v) is 2.74. The Bertz CT molecular complexity index is 1030. The Balaban J connectivity index is 1.39. The summed E-state index contributed by atoms with van der Waals surface area (Å²) in [5.41, 5.74) is 3.67. The number of rotatable bonds is 9. The van der Waals surface area contributed by atoms with Crippen LogP contribution in [0.5, 0.6) is 0 Å². The second-order valence-corrected chi connectivity index (χ2v) is 7.11. The number of anilines is 1. The number of hydrogen-bond donors (Lipinski definition) is 1. The molecule has 0 spiro atoms. The lowest BCUT2D eigenvalue weighted by atomic mass is 10.2. The van der Waals surface area contributed by atoms with Crippen molar-refractivity contribution in [2.24, 2.45) is 0 Å². The van der Waals surface area contributed by atoms with Gasteiger partial charge in [0.2, 0.25) is 0 Å². The Labute approximate surface area is 181 Å². The third-order valence-electron chi connectivity index (χ3n) is 4.42. The van der Waals surface area contributed by atoms with Gasteiger partial charge in [-0.05, 0) is 29.3 Å². The number of ether oxygens (including phenoxy) is 1. The molecule has 8 heteroatoms. The van der Waals surface area contributed by atoms with Gasteiger partial charge < -0.3 is 15.0 Å². The fourth-order valence-electron chi connectivity index (χ4n) is 2.74. The molecule has 0 fully saturated rings. The number of carbonyl (C=O) groups excluding carboxylic acids is 2. The van der Waals surface area contributed by atoms with Crippen LogP contribution in [0.15, 0.2) is 66.9 Å². The SMILES string of the molecule is CN(C)c1ccc(CNC(=O)COC(=O)/C=C/c2cn(Cc3ccccc3)nn2)cc1. The van der Waals surface area contributed by atoms with Gasteiger partial charge in [0.05, 0.1) is 12.7 Å². The highest BCUT2D eigenvalue weighted by atomic mass is 16.5. The van der Waals surface area contributed by atoms with Gasteiger partial charge in [-0.2, -0.15) is 0 Å². The highest BCUT2D eigenvalue weighted by molar-refractivity contribution is 5.88. The van der Waals surface area contributed by atoms with E-state index >= 15 is 0 Å². The normalized spacial score (nSPS) is 10.8. The molecular formula is C23H25N5O3. The standard InChI is InChI=1S/C23H25N5O3/c1-27(2)21-11-8-18(9-12-21)14-24-22(29)17-31-23(30)13-10-20-16-28(26-25-20)15-19-6-4-3-5-7-19/h3-13,16H,14-15,17H2,1-2H3,(H,24,29)/b13-10+. The first-order valence-electron chi connectivity index (χ1n) is 9.81. The summed E-state index contributed by atoms with van der Waals surface area (Å²) in [7, 11) is 3.93. The van der Waals surface area contributed by atoms with E-state index in [0.717, 1.165) is 16.8 Å². The number of carbonyl (C=O) groups is 2. The van der Waals surface area contributed by atoms with Crippen molar-refractivity contribution in [2.75, 3.05) is 25.6 Å². The van der Waals surface area contributed by atoms with E-state index in [4.69, 9.17) is 4.74 Å². The van der Waals surface area contributed by atoms with Gasteiger partial charge in [0, 0.05) is 32.4 Å². The Hall–Kier alpha value is -3.94. The van der Waals surface area contributed by atoms with E-state index in [-0.39, 0.29) is 12.5 Å². The molecule has 0 unspecified atom stereocenters. The third kappa shape index (κ3) is 7.11. The van der Waals surface area contributed by atoms with E-state index < -0.39 is 5.97 Å². The Morgan fingerprint density at radius 2 is 1.81 bits per heavy atom. The average molecular weight is 419 g/mol. The van der Waals surface area contributed by atoms with Crippen LogP contribution in [0.4, 0.5) is 5.69 Å². The van der Waals surface area contributed by atoms with Crippen LogP contribution in [0.25, 0.3) is 6.08 Å². The van der Waals surface area contributed by atoms with Crippen LogP contribution in [0, 0.1) is 0 Å². The minimum atomic E-state index is -0.622. The highest BCUT2D eigenvalue weighted by Gasteiger charge is 2.06. The van der Waals surface area contributed by atoms with Crippen molar-refractivity contribution in [2.45, 2.75) is 13.1 Å². The van der Waals surface area contributed by atoms with Gasteiger partial charge in [0.25, 0.3) is 5.91 Å². The predicted molar refractivity (Wildman–Crippen MR) is 118 cm³/mol. The first-order valence-corrected chi connectivity index (χ1v) is 9.81. The maximum absolute atomic E-state index is 11.9. The monoisotopic (exact) mass is 419 g/mol. The summed E-state index contributed by atoms with van der Waals surface area (Å²) in [6.45, 7) is 0.605. The predicted octanol–water partition coefficient (Wildman–Crippen LogP) is 2.27. The second kappa shape index (κ2) is 10.7. The lowest BCUT2D eigenvalue weighted by molar-refractivity contribution is -0.143. The molecule has 1 N–H and O–H groups in total. The van der Waals surface area contributed by atoms with Gasteiger partial charge in [-0.1, -0.05) is 47.7 Å². The van der Waals surface area contributed by atoms with Crippen molar-refractivity contribution in [3.8, 4) is 0 Å². The van der Waals surface area contributed by atoms with Crippen molar-refractivity contribution in [1.29, 1.82) is 0 Å². The van der Waals surface area contributed by atoms with Crippen LogP contribution in [-0.4, -0.2) is 47.6 Å². The lowest BCUT2D eigenvalue weighted by Gasteiger charge is -2.12. The van der Waals surface area contributed by atoms with E-state index in [9.17, 15) is 9.59 Å². The van der Waals surface area contributed by atoms with E-state index in [1.807, 2.05) is 73.6 Å². The number of esters is 1. The Kier molecular flexibility index (Phi) is 7.53. The van der Waals surface area contributed by atoms with Crippen LogP contribution in [0.2, 0.25) is 0 Å². The van der Waals surface area contributed by atoms with Crippen molar-refractivity contribution in [3.05, 3.63) is 83.7 Å². The summed E-state index contributed by atoms with van der Waals surface area (Å²) in [6.07, 6.45) is 4.45. The molecule has 0 aliphatic heterocycles. The summed E-state index contributed by atoms with van der Waals surface area (Å²) in [4.78, 5) is 25.7. The molecule has 0 aliphatic rings. The first-order chi connectivity index (χ1) is 15.0. The Morgan fingerprint density at radius 1 is 1.06 bits per heavy atom. The Morgan fingerprint density at radius 3 is 2.52 bits per heavy atom. The summed E-state index contributed by atoms with van der Waals surface area (Å²) in [6, 6.07) is 17.7. The number of nitrogens with zero attached hydrogens (tertiary/aromatic N) is 4. The van der Waals surface area contributed by atoms with Gasteiger partial charge >= 0.3 is 5.97 Å². The van der Waals surface area contributed by atoms with Crippen LogP contribution in [0.1, 0.15) is 16.8 Å². The fraction of sp³-hybridized carbons (Fsp3) is 0.217. The zero-order valence-electron chi connectivity index (χ0n) is 17.6. The number of aromatic nitrogens is 3. The molecule has 31 heavy (non-hydrogen) atoms. The maximum atomic E-state index is 11.9. The second-order valence-electron chi connectivity index (χ2n) is 7.11. The lowest BCUT2D eigenvalue weighted by Crippen LogP contribution is -2.28. The molecule has 8 nitrogen and oxygen atoms in total. The van der Waals surface area contributed by atoms with Gasteiger partial charge in [-0.25, -0.2) is 9.48 Å². The number of amides is 1.